The van der Waals surface area contributed by atoms with Gasteiger partial charge in [0, 0.05) is 17.8 Å². The van der Waals surface area contributed by atoms with Crippen LogP contribution in [0.1, 0.15) is 17.5 Å². The number of halogens is 1. The molecule has 0 amide bonds. The molecule has 3 rings (SSSR count). The number of hydrogen-bond donors (Lipinski definition) is 1. The molecule has 7 heteroatoms. The maximum Gasteiger partial charge on any atom is 1.00 e. The van der Waals surface area contributed by atoms with Crippen molar-refractivity contribution in [2.24, 2.45) is 5.34 Å². The van der Waals surface area contributed by atoms with Crippen molar-refractivity contribution < 1.29 is 39.1 Å². The van der Waals surface area contributed by atoms with E-state index in [0.717, 1.165) is 30.2 Å². The molecule has 1 aromatic heterocycles. The van der Waals surface area contributed by atoms with Crippen molar-refractivity contribution in [1.29, 1.82) is 0 Å². The second-order valence-electron chi connectivity index (χ2n) is 4.39. The van der Waals surface area contributed by atoms with Gasteiger partial charge in [0.15, 0.2) is 0 Å². The van der Waals surface area contributed by atoms with Crippen molar-refractivity contribution in [3.8, 4) is 16.9 Å². The first-order valence-corrected chi connectivity index (χ1v) is 6.08. The van der Waals surface area contributed by atoms with Gasteiger partial charge in [0.25, 0.3) is 0 Å². The smallest absolute Gasteiger partial charge is 0.507 e. The molecule has 0 saturated heterocycles. The molecule has 0 saturated carbocycles. The largest absolute Gasteiger partial charge is 1.00 e. The minimum atomic E-state index is -0.526. The molecule has 21 heavy (non-hydrogen) atoms. The van der Waals surface area contributed by atoms with E-state index < -0.39 is 5.95 Å². The molecule has 0 atom stereocenters. The Morgan fingerprint density at radius 2 is 2.00 bits per heavy atom. The third-order valence-corrected chi connectivity index (χ3v) is 3.29. The van der Waals surface area contributed by atoms with Gasteiger partial charge >= 0.3 is 29.6 Å². The quantitative estimate of drug-likeness (QED) is 0.356. The fourth-order valence-electron chi connectivity index (χ4n) is 2.45. The van der Waals surface area contributed by atoms with Crippen molar-refractivity contribution in [2.45, 2.75) is 19.3 Å². The van der Waals surface area contributed by atoms with E-state index in [1.807, 2.05) is 12.1 Å². The van der Waals surface area contributed by atoms with Gasteiger partial charge in [-0.25, -0.2) is 4.98 Å². The molecule has 1 aliphatic rings. The summed E-state index contributed by atoms with van der Waals surface area (Å²) in [6.07, 6.45) is 4.42. The Bertz CT molecular complexity index is 638. The number of hydrogen-bond acceptors (Lipinski definition) is 5. The second kappa shape index (κ2) is 8.07. The van der Waals surface area contributed by atoms with Gasteiger partial charge in [-0.3, -0.25) is 0 Å². The Kier molecular flexibility index (Phi) is 6.74. The Labute approximate surface area is 143 Å². The summed E-state index contributed by atoms with van der Waals surface area (Å²) in [4.78, 5) is 11.5. The molecule has 1 heterocycles. The van der Waals surface area contributed by atoms with Gasteiger partial charge in [-0.1, -0.05) is 12.1 Å². The number of phenols is 1. The Hall–Kier alpha value is -1.50. The zero-order chi connectivity index (χ0) is 14.5. The summed E-state index contributed by atoms with van der Waals surface area (Å²) in [5.41, 5.74) is 3.58. The van der Waals surface area contributed by atoms with Gasteiger partial charge in [-0.05, 0) is 42.0 Å². The first-order chi connectivity index (χ1) is 9.67. The molecular formula is C14H12FN2NaO3. The number of rotatable bonds is 1. The van der Waals surface area contributed by atoms with E-state index >= 15 is 0 Å². The third kappa shape index (κ3) is 4.00. The Morgan fingerprint density at radius 1 is 1.29 bits per heavy atom. The summed E-state index contributed by atoms with van der Waals surface area (Å²) in [6.45, 7) is 0. The number of benzene rings is 1. The molecule has 0 unspecified atom stereocenters. The van der Waals surface area contributed by atoms with E-state index in [1.54, 1.807) is 6.07 Å². The maximum atomic E-state index is 13.1. The van der Waals surface area contributed by atoms with Crippen molar-refractivity contribution >= 4 is 0 Å². The average Bonchev–Trinajstić information content (AvgIpc) is 2.89. The van der Waals surface area contributed by atoms with Gasteiger partial charge in [0.2, 0.25) is 5.95 Å². The van der Waals surface area contributed by atoms with Crippen LogP contribution in [0.5, 0.6) is 5.75 Å². The summed E-state index contributed by atoms with van der Waals surface area (Å²) in [5, 5.41) is 19.2. The number of fused-ring (bicyclic) bond motifs is 1. The first-order valence-electron chi connectivity index (χ1n) is 6.08. The molecule has 0 radical (unpaired) electrons. The van der Waals surface area contributed by atoms with Crippen LogP contribution in [0.25, 0.3) is 11.1 Å². The van der Waals surface area contributed by atoms with Gasteiger partial charge in [-0.2, -0.15) is 4.39 Å². The number of nitrogens with zero attached hydrogens (tertiary/aromatic N) is 2. The molecule has 5 nitrogen and oxygen atoms in total. The van der Waals surface area contributed by atoms with E-state index in [4.69, 9.17) is 10.1 Å². The van der Waals surface area contributed by atoms with Gasteiger partial charge in [0.05, 0.1) is 0 Å². The second-order valence-corrected chi connectivity index (χ2v) is 4.39. The molecule has 0 aliphatic heterocycles. The van der Waals surface area contributed by atoms with Crippen molar-refractivity contribution in [3.05, 3.63) is 57.7 Å². The minimum Gasteiger partial charge on any atom is -0.507 e. The van der Waals surface area contributed by atoms with E-state index in [2.05, 4.69) is 4.98 Å². The summed E-state index contributed by atoms with van der Waals surface area (Å²) >= 11 is 0. The van der Waals surface area contributed by atoms with Crippen LogP contribution in [0.4, 0.5) is 4.39 Å². The fourth-order valence-corrected chi connectivity index (χ4v) is 2.45. The number of pyridine rings is 1. The molecular weight excluding hydrogens is 286 g/mol. The molecule has 0 fully saturated rings. The third-order valence-electron chi connectivity index (χ3n) is 3.29. The normalized spacial score (nSPS) is 11.7. The Morgan fingerprint density at radius 3 is 2.67 bits per heavy atom. The standard InChI is InChI=1S/C14H12FNO.HNO2.Na/c15-13-8-10(6-7-16-13)12-5-4-9-2-1-3-11(9)14(12)17;2-1-3;/h4-8,17H,1-3H2;(H,2,3);/q;;+1/p-1. The van der Waals surface area contributed by atoms with Crippen molar-refractivity contribution in [1.82, 2.24) is 4.98 Å². The molecule has 1 aromatic carbocycles. The molecule has 104 valence electrons. The van der Waals surface area contributed by atoms with Crippen LogP contribution in [0.15, 0.2) is 35.8 Å². The van der Waals surface area contributed by atoms with E-state index in [1.165, 1.54) is 17.8 Å². The SMILES string of the molecule is O=N[O-].Oc1c(-c2ccnc(F)c2)ccc2c1CCC2.[Na+]. The number of aryl methyl sites for hydroxylation is 1. The fraction of sp³-hybridized carbons (Fsp3) is 0.214. The molecule has 0 bridgehead atoms. The van der Waals surface area contributed by atoms with Crippen LogP contribution < -0.4 is 29.6 Å². The Balaban J connectivity index is 0.000000510. The molecule has 0 spiro atoms. The molecule has 2 aromatic rings. The van der Waals surface area contributed by atoms with Crippen molar-refractivity contribution in [3.63, 3.8) is 0 Å². The summed E-state index contributed by atoms with van der Waals surface area (Å²) in [7, 11) is 0. The topological polar surface area (TPSA) is 85.6 Å². The minimum absolute atomic E-state index is 0. The van der Waals surface area contributed by atoms with E-state index in [9.17, 15) is 9.50 Å². The number of aromatic hydroxyl groups is 1. The monoisotopic (exact) mass is 298 g/mol. The summed E-state index contributed by atoms with van der Waals surface area (Å²) < 4.78 is 13.1. The number of phenolic OH excluding ortho intramolecular Hbond substituents is 1. The van der Waals surface area contributed by atoms with Crippen LogP contribution in [0.3, 0.4) is 0 Å². The molecule has 1 aliphatic carbocycles. The molecule has 1 N–H and O–H groups in total. The summed E-state index contributed by atoms with van der Waals surface area (Å²) in [5.74, 6) is -0.229. The van der Waals surface area contributed by atoms with Gasteiger partial charge < -0.3 is 15.2 Å². The van der Waals surface area contributed by atoms with Crippen molar-refractivity contribution in [2.75, 3.05) is 0 Å². The zero-order valence-corrected chi connectivity index (χ0v) is 13.5. The van der Waals surface area contributed by atoms with Gasteiger partial charge in [0.1, 0.15) is 5.75 Å². The zero-order valence-electron chi connectivity index (χ0n) is 11.5. The van der Waals surface area contributed by atoms with Crippen LogP contribution in [0.2, 0.25) is 0 Å². The maximum absolute atomic E-state index is 13.1. The predicted molar refractivity (Wildman–Crippen MR) is 72.5 cm³/mol. The van der Waals surface area contributed by atoms with E-state index in [-0.39, 0.29) is 29.6 Å². The summed E-state index contributed by atoms with van der Waals surface area (Å²) in [6, 6.07) is 6.93. The van der Waals surface area contributed by atoms with Crippen LogP contribution in [-0.2, 0) is 12.8 Å². The van der Waals surface area contributed by atoms with Gasteiger partial charge in [-0.15, -0.1) is 5.34 Å². The van der Waals surface area contributed by atoms with E-state index in [0.29, 0.717) is 16.9 Å². The van der Waals surface area contributed by atoms with Crippen LogP contribution in [-0.4, -0.2) is 10.1 Å². The number of aromatic nitrogens is 1. The first kappa shape index (κ1) is 17.6. The van der Waals surface area contributed by atoms with Crippen LogP contribution in [0, 0.1) is 16.1 Å². The van der Waals surface area contributed by atoms with Crippen LogP contribution >= 0.6 is 0 Å². The predicted octanol–water partition coefficient (Wildman–Crippen LogP) is 0.337. The average molecular weight is 298 g/mol.